The van der Waals surface area contributed by atoms with Gasteiger partial charge in [-0.05, 0) is 17.5 Å². The maximum absolute atomic E-state index is 12.0. The zero-order valence-corrected chi connectivity index (χ0v) is 10.1. The Balaban J connectivity index is 2.13. The van der Waals surface area contributed by atoms with E-state index in [0.29, 0.717) is 26.3 Å². The fourth-order valence-electron chi connectivity index (χ4n) is 1.59. The molecule has 0 N–H and O–H groups in total. The molecule has 0 spiro atoms. The molecule has 0 unspecified atom stereocenters. The molecule has 0 atom stereocenters. The highest BCUT2D eigenvalue weighted by Gasteiger charge is 2.20. The summed E-state index contributed by atoms with van der Waals surface area (Å²) in [6, 6.07) is 5.75. The normalized spacial score (nSPS) is 16.6. The molecule has 1 aromatic heterocycles. The van der Waals surface area contributed by atoms with Crippen molar-refractivity contribution in [1.82, 2.24) is 4.90 Å². The Kier molecular flexibility index (Phi) is 3.91. The fourth-order valence-corrected chi connectivity index (χ4v) is 2.25. The first kappa shape index (κ1) is 11.8. The van der Waals surface area contributed by atoms with Gasteiger partial charge in [0.2, 0.25) is 0 Å². The molecule has 1 amide bonds. The maximum atomic E-state index is 12.0. The number of nitriles is 1. The van der Waals surface area contributed by atoms with Crippen molar-refractivity contribution in [2.45, 2.75) is 0 Å². The van der Waals surface area contributed by atoms with Gasteiger partial charge in [0, 0.05) is 18.0 Å². The van der Waals surface area contributed by atoms with E-state index in [-0.39, 0.29) is 11.5 Å². The van der Waals surface area contributed by atoms with Gasteiger partial charge in [-0.3, -0.25) is 4.79 Å². The summed E-state index contributed by atoms with van der Waals surface area (Å²) in [5.74, 6) is -0.204. The van der Waals surface area contributed by atoms with Gasteiger partial charge in [0.1, 0.15) is 11.6 Å². The van der Waals surface area contributed by atoms with Gasteiger partial charge in [0.25, 0.3) is 5.91 Å². The van der Waals surface area contributed by atoms with Crippen molar-refractivity contribution < 1.29 is 9.53 Å². The number of morpholine rings is 1. The van der Waals surface area contributed by atoms with Crippen LogP contribution in [-0.4, -0.2) is 37.1 Å². The molecule has 2 rings (SSSR count). The number of rotatable bonds is 2. The van der Waals surface area contributed by atoms with Gasteiger partial charge in [-0.1, -0.05) is 6.07 Å². The number of carbonyl (C=O) groups excluding carboxylic acids is 1. The number of nitrogens with zero attached hydrogens (tertiary/aromatic N) is 2. The lowest BCUT2D eigenvalue weighted by molar-refractivity contribution is -0.130. The van der Waals surface area contributed by atoms with Crippen LogP contribution in [0.1, 0.15) is 4.88 Å². The van der Waals surface area contributed by atoms with Crippen molar-refractivity contribution in [2.75, 3.05) is 26.3 Å². The summed E-state index contributed by atoms with van der Waals surface area (Å²) < 4.78 is 5.17. The van der Waals surface area contributed by atoms with Crippen LogP contribution in [0.25, 0.3) is 6.08 Å². The van der Waals surface area contributed by atoms with Crippen LogP contribution in [-0.2, 0) is 9.53 Å². The minimum Gasteiger partial charge on any atom is -0.378 e. The number of hydrogen-bond acceptors (Lipinski definition) is 4. The molecule has 4 nitrogen and oxygen atoms in total. The van der Waals surface area contributed by atoms with Crippen LogP contribution < -0.4 is 0 Å². The SMILES string of the molecule is N#C/C(=C\c1cccs1)C(=O)N1CCOCC1. The minimum atomic E-state index is -0.204. The third-order valence-electron chi connectivity index (χ3n) is 2.48. The second-order valence-corrected chi connectivity index (χ2v) is 4.57. The highest BCUT2D eigenvalue weighted by Crippen LogP contribution is 2.15. The van der Waals surface area contributed by atoms with E-state index >= 15 is 0 Å². The second kappa shape index (κ2) is 5.62. The Bertz CT molecular complexity index is 453. The summed E-state index contributed by atoms with van der Waals surface area (Å²) in [5.41, 5.74) is 0.189. The predicted molar refractivity (Wildman–Crippen MR) is 65.3 cm³/mol. The predicted octanol–water partition coefficient (Wildman–Crippen LogP) is 1.51. The Hall–Kier alpha value is -1.64. The van der Waals surface area contributed by atoms with Gasteiger partial charge in [0.15, 0.2) is 0 Å². The molecule has 2 heterocycles. The molecule has 0 bridgehead atoms. The molecule has 0 saturated carbocycles. The van der Waals surface area contributed by atoms with Gasteiger partial charge in [0.05, 0.1) is 13.2 Å². The molecule has 1 aliphatic rings. The highest BCUT2D eigenvalue weighted by atomic mass is 32.1. The molecule has 17 heavy (non-hydrogen) atoms. The molecule has 1 saturated heterocycles. The number of carbonyl (C=O) groups is 1. The largest absolute Gasteiger partial charge is 0.378 e. The summed E-state index contributed by atoms with van der Waals surface area (Å²) in [5, 5.41) is 11.0. The number of hydrogen-bond donors (Lipinski definition) is 0. The lowest BCUT2D eigenvalue weighted by Crippen LogP contribution is -2.41. The van der Waals surface area contributed by atoms with Crippen LogP contribution in [0.15, 0.2) is 23.1 Å². The Morgan fingerprint density at radius 3 is 2.88 bits per heavy atom. The summed E-state index contributed by atoms with van der Waals surface area (Å²) in [6.07, 6.45) is 1.64. The molecular weight excluding hydrogens is 236 g/mol. The Morgan fingerprint density at radius 1 is 1.53 bits per heavy atom. The average molecular weight is 248 g/mol. The molecule has 88 valence electrons. The van der Waals surface area contributed by atoms with E-state index in [1.165, 1.54) is 11.3 Å². The molecule has 5 heteroatoms. The topological polar surface area (TPSA) is 53.3 Å². The van der Waals surface area contributed by atoms with Crippen LogP contribution in [0, 0.1) is 11.3 Å². The third-order valence-corrected chi connectivity index (χ3v) is 3.30. The van der Waals surface area contributed by atoms with Crippen molar-refractivity contribution in [2.24, 2.45) is 0 Å². The quantitative estimate of drug-likeness (QED) is 0.589. The van der Waals surface area contributed by atoms with Gasteiger partial charge in [-0.15, -0.1) is 11.3 Å². The number of ether oxygens (including phenoxy) is 1. The van der Waals surface area contributed by atoms with Gasteiger partial charge in [-0.25, -0.2) is 0 Å². The van der Waals surface area contributed by atoms with E-state index in [9.17, 15) is 4.79 Å². The zero-order valence-electron chi connectivity index (χ0n) is 9.26. The van der Waals surface area contributed by atoms with E-state index in [4.69, 9.17) is 10.00 Å². The summed E-state index contributed by atoms with van der Waals surface area (Å²) in [6.45, 7) is 2.21. The van der Waals surface area contributed by atoms with Crippen LogP contribution in [0.5, 0.6) is 0 Å². The van der Waals surface area contributed by atoms with E-state index in [1.807, 2.05) is 23.6 Å². The van der Waals surface area contributed by atoms with Gasteiger partial charge < -0.3 is 9.64 Å². The third kappa shape index (κ3) is 2.93. The average Bonchev–Trinajstić information content (AvgIpc) is 2.89. The fraction of sp³-hybridized carbons (Fsp3) is 0.333. The van der Waals surface area contributed by atoms with Crippen LogP contribution in [0.4, 0.5) is 0 Å². The van der Waals surface area contributed by atoms with Crippen LogP contribution >= 0.6 is 11.3 Å². The summed E-state index contributed by atoms with van der Waals surface area (Å²) in [4.78, 5) is 14.6. The zero-order chi connectivity index (χ0) is 12.1. The summed E-state index contributed by atoms with van der Waals surface area (Å²) >= 11 is 1.51. The number of amides is 1. The van der Waals surface area contributed by atoms with Crippen molar-refractivity contribution >= 4 is 23.3 Å². The van der Waals surface area contributed by atoms with Crippen LogP contribution in [0.3, 0.4) is 0 Å². The lowest BCUT2D eigenvalue weighted by Gasteiger charge is -2.26. The Morgan fingerprint density at radius 2 is 2.29 bits per heavy atom. The van der Waals surface area contributed by atoms with E-state index in [2.05, 4.69) is 0 Å². The van der Waals surface area contributed by atoms with Gasteiger partial charge >= 0.3 is 0 Å². The molecule has 1 aromatic rings. The van der Waals surface area contributed by atoms with Crippen molar-refractivity contribution in [1.29, 1.82) is 5.26 Å². The van der Waals surface area contributed by atoms with Crippen molar-refractivity contribution in [3.8, 4) is 6.07 Å². The maximum Gasteiger partial charge on any atom is 0.264 e. The molecule has 1 fully saturated rings. The van der Waals surface area contributed by atoms with Crippen LogP contribution in [0.2, 0.25) is 0 Å². The standard InChI is InChI=1S/C12H12N2O2S/c13-9-10(8-11-2-1-7-17-11)12(15)14-3-5-16-6-4-14/h1-2,7-8H,3-6H2/b10-8+. The van der Waals surface area contributed by atoms with E-state index < -0.39 is 0 Å². The molecular formula is C12H12N2O2S. The first-order valence-electron chi connectivity index (χ1n) is 5.33. The monoisotopic (exact) mass is 248 g/mol. The highest BCUT2D eigenvalue weighted by molar-refractivity contribution is 7.10. The summed E-state index contributed by atoms with van der Waals surface area (Å²) in [7, 11) is 0. The minimum absolute atomic E-state index is 0.189. The molecule has 1 aliphatic heterocycles. The Labute approximate surface area is 104 Å². The first-order valence-corrected chi connectivity index (χ1v) is 6.21. The van der Waals surface area contributed by atoms with Crippen molar-refractivity contribution in [3.63, 3.8) is 0 Å². The second-order valence-electron chi connectivity index (χ2n) is 3.59. The molecule has 0 aromatic carbocycles. The first-order chi connectivity index (χ1) is 8.31. The number of thiophene rings is 1. The smallest absolute Gasteiger partial charge is 0.264 e. The van der Waals surface area contributed by atoms with Gasteiger partial charge in [-0.2, -0.15) is 5.26 Å². The van der Waals surface area contributed by atoms with E-state index in [1.54, 1.807) is 11.0 Å². The lowest BCUT2D eigenvalue weighted by atomic mass is 10.2. The molecule has 0 radical (unpaired) electrons. The molecule has 0 aliphatic carbocycles. The van der Waals surface area contributed by atoms with Crippen molar-refractivity contribution in [3.05, 3.63) is 28.0 Å². The van der Waals surface area contributed by atoms with E-state index in [0.717, 1.165) is 4.88 Å².